The molecule has 1 heteroatoms. The van der Waals surface area contributed by atoms with E-state index in [4.69, 9.17) is 4.98 Å². The molecule has 0 spiro atoms. The highest BCUT2D eigenvalue weighted by Crippen LogP contribution is 2.59. The molecule has 0 unspecified atom stereocenters. The average molecular weight is 361 g/mol. The third-order valence-electron chi connectivity index (χ3n) is 7.06. The van der Waals surface area contributed by atoms with Gasteiger partial charge in [0.15, 0.2) is 0 Å². The molecule has 6 rings (SSSR count). The first-order valence-corrected chi connectivity index (χ1v) is 10.1. The van der Waals surface area contributed by atoms with Crippen molar-refractivity contribution >= 4 is 10.8 Å². The van der Waals surface area contributed by atoms with Crippen LogP contribution in [0.25, 0.3) is 33.2 Å². The van der Waals surface area contributed by atoms with Gasteiger partial charge in [-0.25, -0.2) is 0 Å². The summed E-state index contributed by atoms with van der Waals surface area (Å²) in [6.45, 7) is 9.46. The van der Waals surface area contributed by atoms with Gasteiger partial charge in [0, 0.05) is 22.6 Å². The van der Waals surface area contributed by atoms with Gasteiger partial charge in [-0.05, 0) is 50.2 Å². The van der Waals surface area contributed by atoms with Gasteiger partial charge in [0.2, 0.25) is 0 Å². The standard InChI is InChI=1S/C27H23N/c1-26(2)20-14-13-19-24(27(3,4)21-10-7-15-28-25(19)21)22(20)18-12-11-16-8-5-6-9-17(16)23(18)26/h5-15H,1-4H3. The van der Waals surface area contributed by atoms with Gasteiger partial charge in [-0.2, -0.15) is 0 Å². The molecule has 0 radical (unpaired) electrons. The Morgan fingerprint density at radius 3 is 2.25 bits per heavy atom. The van der Waals surface area contributed by atoms with Crippen molar-refractivity contribution in [1.29, 1.82) is 0 Å². The number of benzene rings is 3. The van der Waals surface area contributed by atoms with E-state index in [1.165, 1.54) is 49.7 Å². The van der Waals surface area contributed by atoms with Crippen LogP contribution in [0.4, 0.5) is 0 Å². The van der Waals surface area contributed by atoms with Crippen molar-refractivity contribution in [2.75, 3.05) is 0 Å². The Balaban J connectivity index is 1.78. The zero-order valence-corrected chi connectivity index (χ0v) is 16.8. The van der Waals surface area contributed by atoms with Gasteiger partial charge in [0.1, 0.15) is 0 Å². The molecule has 0 aliphatic heterocycles. The van der Waals surface area contributed by atoms with E-state index in [0.29, 0.717) is 0 Å². The largest absolute Gasteiger partial charge is 0.256 e. The molecule has 0 atom stereocenters. The van der Waals surface area contributed by atoms with E-state index in [-0.39, 0.29) is 10.8 Å². The van der Waals surface area contributed by atoms with Crippen molar-refractivity contribution in [2.45, 2.75) is 38.5 Å². The summed E-state index contributed by atoms with van der Waals surface area (Å²) in [7, 11) is 0. The molecule has 2 aliphatic rings. The number of pyridine rings is 1. The van der Waals surface area contributed by atoms with E-state index >= 15 is 0 Å². The SMILES string of the molecule is CC1(C)c2cccnc2-c2ccc3c(c21)-c1ccc2ccccc2c1C3(C)C. The molecule has 28 heavy (non-hydrogen) atoms. The minimum atomic E-state index is -0.0480. The quantitative estimate of drug-likeness (QED) is 0.334. The van der Waals surface area contributed by atoms with Gasteiger partial charge < -0.3 is 0 Å². The Morgan fingerprint density at radius 2 is 1.39 bits per heavy atom. The topological polar surface area (TPSA) is 12.9 Å². The van der Waals surface area contributed by atoms with E-state index in [2.05, 4.69) is 88.4 Å². The summed E-state index contributed by atoms with van der Waals surface area (Å²) < 4.78 is 0. The second-order valence-electron chi connectivity index (χ2n) is 9.27. The van der Waals surface area contributed by atoms with E-state index in [9.17, 15) is 0 Å². The molecule has 0 amide bonds. The number of fused-ring (bicyclic) bond motifs is 9. The van der Waals surface area contributed by atoms with Crippen LogP contribution in [0.2, 0.25) is 0 Å². The van der Waals surface area contributed by atoms with Crippen LogP contribution >= 0.6 is 0 Å². The minimum Gasteiger partial charge on any atom is -0.256 e. The summed E-state index contributed by atoms with van der Waals surface area (Å²) in [5, 5.41) is 2.70. The first-order chi connectivity index (χ1) is 13.4. The molecule has 1 aromatic heterocycles. The van der Waals surface area contributed by atoms with E-state index in [1.807, 2.05) is 6.20 Å². The Bertz CT molecular complexity index is 1310. The lowest BCUT2D eigenvalue weighted by Gasteiger charge is -2.26. The first kappa shape index (κ1) is 16.1. The third kappa shape index (κ3) is 1.71. The number of rotatable bonds is 0. The molecule has 0 fully saturated rings. The van der Waals surface area contributed by atoms with E-state index in [1.54, 1.807) is 0 Å². The molecule has 0 N–H and O–H groups in total. The highest BCUT2D eigenvalue weighted by molar-refractivity contribution is 6.00. The molecule has 1 nitrogen and oxygen atoms in total. The number of aromatic nitrogens is 1. The van der Waals surface area contributed by atoms with Crippen molar-refractivity contribution in [3.8, 4) is 22.4 Å². The predicted molar refractivity (Wildman–Crippen MR) is 117 cm³/mol. The maximum absolute atomic E-state index is 4.76. The second-order valence-corrected chi connectivity index (χ2v) is 9.27. The zero-order chi connectivity index (χ0) is 19.3. The summed E-state index contributed by atoms with van der Waals surface area (Å²) in [4.78, 5) is 4.76. The van der Waals surface area contributed by atoms with Gasteiger partial charge in [0.25, 0.3) is 0 Å². The molecule has 0 bridgehead atoms. The molecule has 0 saturated heterocycles. The third-order valence-corrected chi connectivity index (χ3v) is 7.06. The van der Waals surface area contributed by atoms with Gasteiger partial charge in [0.05, 0.1) is 5.69 Å². The lowest BCUT2D eigenvalue weighted by molar-refractivity contribution is 0.649. The molecule has 136 valence electrons. The zero-order valence-electron chi connectivity index (χ0n) is 16.8. The normalized spacial score (nSPS) is 17.1. The van der Waals surface area contributed by atoms with Crippen molar-refractivity contribution in [1.82, 2.24) is 4.98 Å². The Kier molecular flexibility index (Phi) is 2.82. The summed E-state index contributed by atoms with van der Waals surface area (Å²) in [5.41, 5.74) is 10.9. The summed E-state index contributed by atoms with van der Waals surface area (Å²) in [6, 6.07) is 22.4. The molecule has 4 aromatic rings. The van der Waals surface area contributed by atoms with Crippen LogP contribution < -0.4 is 0 Å². The lowest BCUT2D eigenvalue weighted by atomic mass is 9.77. The Labute approximate surface area is 166 Å². The van der Waals surface area contributed by atoms with Crippen LogP contribution in [-0.2, 0) is 10.8 Å². The Morgan fingerprint density at radius 1 is 0.643 bits per heavy atom. The van der Waals surface area contributed by atoms with Crippen LogP contribution in [0.3, 0.4) is 0 Å². The smallest absolute Gasteiger partial charge is 0.0746 e. The van der Waals surface area contributed by atoms with Crippen LogP contribution in [0, 0.1) is 0 Å². The Hall–Kier alpha value is -2.93. The van der Waals surface area contributed by atoms with E-state index in [0.717, 1.165) is 5.69 Å². The van der Waals surface area contributed by atoms with Crippen molar-refractivity contribution in [2.24, 2.45) is 0 Å². The molecular weight excluding hydrogens is 338 g/mol. The van der Waals surface area contributed by atoms with Gasteiger partial charge >= 0.3 is 0 Å². The number of nitrogens with zero attached hydrogens (tertiary/aromatic N) is 1. The average Bonchev–Trinajstić information content (AvgIpc) is 3.08. The fourth-order valence-corrected chi connectivity index (χ4v) is 5.80. The van der Waals surface area contributed by atoms with Gasteiger partial charge in [-0.15, -0.1) is 0 Å². The fourth-order valence-electron chi connectivity index (χ4n) is 5.80. The van der Waals surface area contributed by atoms with Crippen LogP contribution in [0.5, 0.6) is 0 Å². The predicted octanol–water partition coefficient (Wildman–Crippen LogP) is 6.85. The van der Waals surface area contributed by atoms with Gasteiger partial charge in [-0.3, -0.25) is 4.98 Å². The molecule has 1 heterocycles. The maximum Gasteiger partial charge on any atom is 0.0746 e. The summed E-state index contributed by atoms with van der Waals surface area (Å²) >= 11 is 0. The van der Waals surface area contributed by atoms with Crippen LogP contribution in [-0.4, -0.2) is 4.98 Å². The van der Waals surface area contributed by atoms with Crippen molar-refractivity contribution in [3.63, 3.8) is 0 Å². The molecule has 2 aliphatic carbocycles. The van der Waals surface area contributed by atoms with Crippen LogP contribution in [0.1, 0.15) is 49.9 Å². The highest BCUT2D eigenvalue weighted by atomic mass is 14.7. The summed E-state index contributed by atoms with van der Waals surface area (Å²) in [5.74, 6) is 0. The molecule has 3 aromatic carbocycles. The van der Waals surface area contributed by atoms with Crippen molar-refractivity contribution < 1.29 is 0 Å². The molecular formula is C27H23N. The number of hydrogen-bond donors (Lipinski definition) is 0. The maximum atomic E-state index is 4.76. The summed E-state index contributed by atoms with van der Waals surface area (Å²) in [6.07, 6.45) is 1.92. The monoisotopic (exact) mass is 361 g/mol. The first-order valence-electron chi connectivity index (χ1n) is 10.1. The fraction of sp³-hybridized carbons (Fsp3) is 0.222. The second kappa shape index (κ2) is 4.91. The highest BCUT2D eigenvalue weighted by Gasteiger charge is 2.45. The number of hydrogen-bond acceptors (Lipinski definition) is 1. The minimum absolute atomic E-state index is 0.0150. The van der Waals surface area contributed by atoms with E-state index < -0.39 is 0 Å². The lowest BCUT2D eigenvalue weighted by Crippen LogP contribution is -2.18. The van der Waals surface area contributed by atoms with Crippen molar-refractivity contribution in [3.05, 3.63) is 89.1 Å². The molecule has 0 saturated carbocycles. The van der Waals surface area contributed by atoms with Gasteiger partial charge in [-0.1, -0.05) is 82.3 Å². The van der Waals surface area contributed by atoms with Crippen LogP contribution in [0.15, 0.2) is 66.9 Å².